The van der Waals surface area contributed by atoms with Gasteiger partial charge in [0.1, 0.15) is 17.9 Å². The van der Waals surface area contributed by atoms with E-state index in [0.717, 1.165) is 6.42 Å². The Hall–Kier alpha value is -2.44. The number of rotatable bonds is 4. The lowest BCUT2D eigenvalue weighted by Gasteiger charge is -2.36. The topological polar surface area (TPSA) is 78.5 Å². The number of hydrogen-bond donors (Lipinski definition) is 2. The lowest BCUT2D eigenvalue weighted by atomic mass is 9.95. The third-order valence-corrected chi connectivity index (χ3v) is 5.11. The molecule has 2 aliphatic heterocycles. The Morgan fingerprint density at radius 3 is 2.68 bits per heavy atom. The van der Waals surface area contributed by atoms with Crippen LogP contribution in [0.3, 0.4) is 0 Å². The number of benzene rings is 1. The number of hydrogen-bond acceptors (Lipinski definition) is 3. The number of fused-ring (bicyclic) bond motifs is 1. The summed E-state index contributed by atoms with van der Waals surface area (Å²) in [6.45, 7) is 4.23. The van der Waals surface area contributed by atoms with Crippen molar-refractivity contribution in [2.75, 3.05) is 6.54 Å². The van der Waals surface area contributed by atoms with Gasteiger partial charge in [-0.15, -0.1) is 0 Å². The molecule has 2 saturated heterocycles. The molecule has 2 heterocycles. The molecule has 1 aromatic rings. The highest BCUT2D eigenvalue weighted by Crippen LogP contribution is 2.26. The highest BCUT2D eigenvalue weighted by molar-refractivity contribution is 5.98. The second-order valence-corrected chi connectivity index (χ2v) is 6.79. The Labute approximate surface area is 145 Å². The number of carbonyl (C=O) groups excluding carboxylic acids is 3. The second kappa shape index (κ2) is 6.82. The minimum atomic E-state index is -0.536. The SMILES string of the molecule is CC[C@H](C)[C@@H]1NC(=O)[C@@H]2C[C@H](NC(=O)c3ccc(F)cc3)CN2C1=O. The molecule has 0 bridgehead atoms. The predicted octanol–water partition coefficient (Wildman–Crippen LogP) is 1.07. The fourth-order valence-electron chi connectivity index (χ4n) is 3.41. The van der Waals surface area contributed by atoms with Gasteiger partial charge in [0.25, 0.3) is 5.91 Å². The Balaban J connectivity index is 1.68. The summed E-state index contributed by atoms with van der Waals surface area (Å²) in [6.07, 6.45) is 1.18. The van der Waals surface area contributed by atoms with Crippen molar-refractivity contribution in [1.29, 1.82) is 0 Å². The van der Waals surface area contributed by atoms with Crippen molar-refractivity contribution in [3.05, 3.63) is 35.6 Å². The van der Waals surface area contributed by atoms with Gasteiger partial charge in [0.15, 0.2) is 0 Å². The summed E-state index contributed by atoms with van der Waals surface area (Å²) < 4.78 is 13.0. The van der Waals surface area contributed by atoms with Crippen molar-refractivity contribution in [2.45, 2.75) is 44.8 Å². The molecule has 0 spiro atoms. The van der Waals surface area contributed by atoms with Gasteiger partial charge in [0.2, 0.25) is 11.8 Å². The van der Waals surface area contributed by atoms with E-state index in [1.165, 1.54) is 24.3 Å². The van der Waals surface area contributed by atoms with Crippen molar-refractivity contribution >= 4 is 17.7 Å². The molecule has 134 valence electrons. The average Bonchev–Trinajstić information content (AvgIpc) is 3.02. The van der Waals surface area contributed by atoms with E-state index in [1.807, 2.05) is 13.8 Å². The number of nitrogens with zero attached hydrogens (tertiary/aromatic N) is 1. The third kappa shape index (κ3) is 3.36. The zero-order chi connectivity index (χ0) is 18.1. The summed E-state index contributed by atoms with van der Waals surface area (Å²) in [7, 11) is 0. The molecule has 3 amide bonds. The highest BCUT2D eigenvalue weighted by Gasteiger charge is 2.47. The van der Waals surface area contributed by atoms with Gasteiger partial charge in [-0.05, 0) is 36.6 Å². The van der Waals surface area contributed by atoms with E-state index < -0.39 is 17.9 Å². The molecule has 0 aliphatic carbocycles. The molecule has 0 unspecified atom stereocenters. The minimum absolute atomic E-state index is 0.0604. The van der Waals surface area contributed by atoms with E-state index in [-0.39, 0.29) is 29.7 Å². The van der Waals surface area contributed by atoms with Gasteiger partial charge in [-0.3, -0.25) is 14.4 Å². The first kappa shape index (κ1) is 17.4. The Bertz CT molecular complexity index is 691. The van der Waals surface area contributed by atoms with Crippen molar-refractivity contribution in [1.82, 2.24) is 15.5 Å². The van der Waals surface area contributed by atoms with Crippen molar-refractivity contribution in [3.8, 4) is 0 Å². The summed E-state index contributed by atoms with van der Waals surface area (Å²) in [6, 6.07) is 3.92. The molecule has 3 rings (SSSR count). The molecule has 2 fully saturated rings. The summed E-state index contributed by atoms with van der Waals surface area (Å²) in [5.74, 6) is -0.935. The molecule has 25 heavy (non-hydrogen) atoms. The Morgan fingerprint density at radius 2 is 2.04 bits per heavy atom. The Kier molecular flexibility index (Phi) is 4.74. The molecular weight excluding hydrogens is 325 g/mol. The van der Waals surface area contributed by atoms with Crippen LogP contribution in [0, 0.1) is 11.7 Å². The van der Waals surface area contributed by atoms with E-state index in [9.17, 15) is 18.8 Å². The fourth-order valence-corrected chi connectivity index (χ4v) is 3.41. The van der Waals surface area contributed by atoms with Crippen LogP contribution in [-0.4, -0.2) is 47.3 Å². The van der Waals surface area contributed by atoms with Crippen LogP contribution in [-0.2, 0) is 9.59 Å². The van der Waals surface area contributed by atoms with E-state index in [0.29, 0.717) is 18.5 Å². The monoisotopic (exact) mass is 347 g/mol. The van der Waals surface area contributed by atoms with Gasteiger partial charge in [0.05, 0.1) is 0 Å². The molecule has 2 aliphatic rings. The van der Waals surface area contributed by atoms with Crippen LogP contribution in [0.4, 0.5) is 4.39 Å². The summed E-state index contributed by atoms with van der Waals surface area (Å²) >= 11 is 0. The third-order valence-electron chi connectivity index (χ3n) is 5.11. The van der Waals surface area contributed by atoms with Gasteiger partial charge in [-0.25, -0.2) is 4.39 Å². The van der Waals surface area contributed by atoms with E-state index in [2.05, 4.69) is 10.6 Å². The van der Waals surface area contributed by atoms with E-state index in [4.69, 9.17) is 0 Å². The van der Waals surface area contributed by atoms with Gasteiger partial charge >= 0.3 is 0 Å². The van der Waals surface area contributed by atoms with Crippen LogP contribution in [0.2, 0.25) is 0 Å². The molecule has 4 atom stereocenters. The molecule has 1 aromatic carbocycles. The first-order chi connectivity index (χ1) is 11.9. The van der Waals surface area contributed by atoms with Gasteiger partial charge in [-0.1, -0.05) is 20.3 Å². The van der Waals surface area contributed by atoms with Crippen molar-refractivity contribution in [3.63, 3.8) is 0 Å². The van der Waals surface area contributed by atoms with Crippen molar-refractivity contribution < 1.29 is 18.8 Å². The molecule has 0 saturated carbocycles. The molecular formula is C18H22FN3O3. The average molecular weight is 347 g/mol. The number of carbonyl (C=O) groups is 3. The first-order valence-electron chi connectivity index (χ1n) is 8.58. The second-order valence-electron chi connectivity index (χ2n) is 6.79. The minimum Gasteiger partial charge on any atom is -0.347 e. The molecule has 0 aromatic heterocycles. The maximum absolute atomic E-state index is 13.0. The molecule has 2 N–H and O–H groups in total. The van der Waals surface area contributed by atoms with Gasteiger partial charge in [-0.2, -0.15) is 0 Å². The Morgan fingerprint density at radius 1 is 1.36 bits per heavy atom. The normalized spacial score (nSPS) is 26.8. The fraction of sp³-hybridized carbons (Fsp3) is 0.500. The van der Waals surface area contributed by atoms with Crippen molar-refractivity contribution in [2.24, 2.45) is 5.92 Å². The maximum atomic E-state index is 13.0. The quantitative estimate of drug-likeness (QED) is 0.855. The standard InChI is InChI=1S/C18H22FN3O3/c1-3-10(2)15-18(25)22-9-13(8-14(22)17(24)21-15)20-16(23)11-4-6-12(19)7-5-11/h4-7,10,13-15H,3,8-9H2,1-2H3,(H,20,23)(H,21,24)/t10-,13-,14-,15-/m0/s1. The van der Waals surface area contributed by atoms with Gasteiger partial charge in [0, 0.05) is 18.2 Å². The zero-order valence-electron chi connectivity index (χ0n) is 14.3. The lowest BCUT2D eigenvalue weighted by Crippen LogP contribution is -2.62. The number of nitrogens with one attached hydrogen (secondary N) is 2. The lowest BCUT2D eigenvalue weighted by molar-refractivity contribution is -0.148. The summed E-state index contributed by atoms with van der Waals surface area (Å²) in [5, 5.41) is 5.65. The van der Waals surface area contributed by atoms with Crippen LogP contribution in [0.25, 0.3) is 0 Å². The molecule has 6 nitrogen and oxygen atoms in total. The van der Waals surface area contributed by atoms with Crippen LogP contribution in [0.15, 0.2) is 24.3 Å². The zero-order valence-corrected chi connectivity index (χ0v) is 14.3. The van der Waals surface area contributed by atoms with Crippen LogP contribution >= 0.6 is 0 Å². The van der Waals surface area contributed by atoms with Gasteiger partial charge < -0.3 is 15.5 Å². The van der Waals surface area contributed by atoms with Crippen LogP contribution in [0.1, 0.15) is 37.0 Å². The summed E-state index contributed by atoms with van der Waals surface area (Å²) in [5.41, 5.74) is 0.347. The number of piperazine rings is 1. The smallest absolute Gasteiger partial charge is 0.251 e. The van der Waals surface area contributed by atoms with Crippen LogP contribution < -0.4 is 10.6 Å². The maximum Gasteiger partial charge on any atom is 0.251 e. The first-order valence-corrected chi connectivity index (χ1v) is 8.58. The molecule has 0 radical (unpaired) electrons. The van der Waals surface area contributed by atoms with Crippen LogP contribution in [0.5, 0.6) is 0 Å². The highest BCUT2D eigenvalue weighted by atomic mass is 19.1. The summed E-state index contributed by atoms with van der Waals surface area (Å²) in [4.78, 5) is 38.8. The number of halogens is 1. The number of amides is 3. The molecule has 7 heteroatoms. The van der Waals surface area contributed by atoms with E-state index in [1.54, 1.807) is 4.90 Å². The largest absolute Gasteiger partial charge is 0.347 e. The van der Waals surface area contributed by atoms with E-state index >= 15 is 0 Å². The predicted molar refractivity (Wildman–Crippen MR) is 89.2 cm³/mol.